The van der Waals surface area contributed by atoms with Crippen LogP contribution in [0.4, 0.5) is 0 Å². The van der Waals surface area contributed by atoms with Gasteiger partial charge in [0.1, 0.15) is 0 Å². The first kappa shape index (κ1) is 18.1. The van der Waals surface area contributed by atoms with Crippen LogP contribution in [0.5, 0.6) is 5.88 Å². The summed E-state index contributed by atoms with van der Waals surface area (Å²) in [7, 11) is 4.11. The highest BCUT2D eigenvalue weighted by molar-refractivity contribution is 6.31. The zero-order chi connectivity index (χ0) is 17.8. The Morgan fingerprint density at radius 2 is 1.76 bits per heavy atom. The number of ether oxygens (including phenoxy) is 1. The van der Waals surface area contributed by atoms with E-state index < -0.39 is 0 Å². The molecule has 0 aliphatic rings. The van der Waals surface area contributed by atoms with Crippen molar-refractivity contribution in [3.8, 4) is 5.88 Å². The van der Waals surface area contributed by atoms with Crippen molar-refractivity contribution in [3.63, 3.8) is 0 Å². The van der Waals surface area contributed by atoms with Crippen molar-refractivity contribution >= 4 is 34.1 Å². The highest BCUT2D eigenvalue weighted by Gasteiger charge is 2.13. The molecule has 1 aromatic heterocycles. The van der Waals surface area contributed by atoms with Crippen LogP contribution in [0, 0.1) is 0 Å². The van der Waals surface area contributed by atoms with Crippen LogP contribution in [0.2, 0.25) is 10.0 Å². The minimum atomic E-state index is 0.633. The van der Waals surface area contributed by atoms with Crippen molar-refractivity contribution in [1.29, 1.82) is 0 Å². The van der Waals surface area contributed by atoms with E-state index in [1.54, 1.807) is 0 Å². The van der Waals surface area contributed by atoms with Gasteiger partial charge in [-0.1, -0.05) is 35.3 Å². The van der Waals surface area contributed by atoms with Crippen molar-refractivity contribution in [3.05, 3.63) is 58.1 Å². The second-order valence-corrected chi connectivity index (χ2v) is 7.13. The molecule has 0 fully saturated rings. The Balaban J connectivity index is 1.84. The second kappa shape index (κ2) is 8.09. The fourth-order valence-corrected chi connectivity index (χ4v) is 2.95. The van der Waals surface area contributed by atoms with Gasteiger partial charge in [0, 0.05) is 16.6 Å². The van der Waals surface area contributed by atoms with Crippen LogP contribution in [0.1, 0.15) is 12.0 Å². The van der Waals surface area contributed by atoms with Crippen molar-refractivity contribution in [2.24, 2.45) is 0 Å². The first-order valence-corrected chi connectivity index (χ1v) is 8.96. The van der Waals surface area contributed by atoms with Crippen LogP contribution in [0.15, 0.2) is 42.5 Å². The summed E-state index contributed by atoms with van der Waals surface area (Å²) < 4.78 is 7.85. The van der Waals surface area contributed by atoms with Crippen molar-refractivity contribution in [2.75, 3.05) is 27.2 Å². The van der Waals surface area contributed by atoms with Crippen LogP contribution in [0.3, 0.4) is 0 Å². The number of hydrogen-bond acceptors (Lipinski definition) is 3. The van der Waals surface area contributed by atoms with Crippen LogP contribution in [-0.4, -0.2) is 41.9 Å². The van der Waals surface area contributed by atoms with Gasteiger partial charge in [0.15, 0.2) is 0 Å². The number of nitrogens with zero attached hydrogens (tertiary/aromatic N) is 3. The molecule has 0 bridgehead atoms. The molecule has 132 valence electrons. The molecule has 0 amide bonds. The summed E-state index contributed by atoms with van der Waals surface area (Å²) in [4.78, 5) is 2.14. The van der Waals surface area contributed by atoms with E-state index in [4.69, 9.17) is 27.9 Å². The maximum Gasteiger partial charge on any atom is 0.240 e. The third-order valence-corrected chi connectivity index (χ3v) is 4.40. The van der Waals surface area contributed by atoms with E-state index in [2.05, 4.69) is 24.1 Å². The molecule has 0 aliphatic carbocycles. The van der Waals surface area contributed by atoms with E-state index in [1.807, 2.05) is 47.1 Å². The van der Waals surface area contributed by atoms with Gasteiger partial charge in [-0.25, -0.2) is 0 Å². The normalized spacial score (nSPS) is 11.4. The van der Waals surface area contributed by atoms with Gasteiger partial charge < -0.3 is 9.64 Å². The van der Waals surface area contributed by atoms with E-state index >= 15 is 0 Å². The fourth-order valence-electron chi connectivity index (χ4n) is 2.66. The van der Waals surface area contributed by atoms with Gasteiger partial charge in [0.2, 0.25) is 5.88 Å². The molecule has 0 N–H and O–H groups in total. The van der Waals surface area contributed by atoms with Crippen molar-refractivity contribution < 1.29 is 4.74 Å². The number of benzene rings is 2. The molecule has 25 heavy (non-hydrogen) atoms. The summed E-state index contributed by atoms with van der Waals surface area (Å²) in [5.74, 6) is 0.652. The van der Waals surface area contributed by atoms with E-state index in [0.717, 1.165) is 34.5 Å². The summed E-state index contributed by atoms with van der Waals surface area (Å²) in [6.07, 6.45) is 0.951. The summed E-state index contributed by atoms with van der Waals surface area (Å²) in [6.45, 7) is 2.25. The molecule has 0 saturated heterocycles. The van der Waals surface area contributed by atoms with E-state index in [0.29, 0.717) is 24.1 Å². The number of rotatable bonds is 7. The van der Waals surface area contributed by atoms with Crippen LogP contribution < -0.4 is 4.74 Å². The standard InChI is InChI=1S/C19H21Cl2N3O/c1-23(2)10-3-11-25-19-17-9-8-16(21)12-18(17)24(22-19)13-14-4-6-15(20)7-5-14/h4-9,12H,3,10-11,13H2,1-2H3. The molecule has 4 nitrogen and oxygen atoms in total. The Hall–Kier alpha value is -1.75. The topological polar surface area (TPSA) is 30.3 Å². The summed E-state index contributed by atoms with van der Waals surface area (Å²) >= 11 is 12.1. The Morgan fingerprint density at radius 1 is 1.04 bits per heavy atom. The monoisotopic (exact) mass is 377 g/mol. The molecule has 1 heterocycles. The summed E-state index contributed by atoms with van der Waals surface area (Å²) in [5, 5.41) is 7.04. The lowest BCUT2D eigenvalue weighted by atomic mass is 10.2. The van der Waals surface area contributed by atoms with Gasteiger partial charge in [0.05, 0.1) is 24.1 Å². The highest BCUT2D eigenvalue weighted by atomic mass is 35.5. The number of hydrogen-bond donors (Lipinski definition) is 0. The SMILES string of the molecule is CN(C)CCCOc1nn(Cc2ccc(Cl)cc2)c2cc(Cl)ccc12. The molecule has 0 radical (unpaired) electrons. The Labute approximate surface area is 157 Å². The van der Waals surface area contributed by atoms with Gasteiger partial charge in [-0.15, -0.1) is 5.10 Å². The van der Waals surface area contributed by atoms with Gasteiger partial charge in [0.25, 0.3) is 0 Å². The van der Waals surface area contributed by atoms with Crippen molar-refractivity contribution in [1.82, 2.24) is 14.7 Å². The first-order valence-electron chi connectivity index (χ1n) is 8.21. The lowest BCUT2D eigenvalue weighted by Gasteiger charge is -2.09. The van der Waals surface area contributed by atoms with Gasteiger partial charge in [-0.3, -0.25) is 4.68 Å². The highest BCUT2D eigenvalue weighted by Crippen LogP contribution is 2.28. The van der Waals surface area contributed by atoms with E-state index in [-0.39, 0.29) is 0 Å². The average molecular weight is 378 g/mol. The first-order chi connectivity index (χ1) is 12.0. The van der Waals surface area contributed by atoms with Gasteiger partial charge in [-0.05, 0) is 56.4 Å². The fraction of sp³-hybridized carbons (Fsp3) is 0.316. The zero-order valence-electron chi connectivity index (χ0n) is 14.4. The number of halogens is 2. The van der Waals surface area contributed by atoms with E-state index in [9.17, 15) is 0 Å². The largest absolute Gasteiger partial charge is 0.476 e. The third-order valence-electron chi connectivity index (χ3n) is 3.91. The van der Waals surface area contributed by atoms with Crippen LogP contribution >= 0.6 is 23.2 Å². The smallest absolute Gasteiger partial charge is 0.240 e. The molecule has 0 saturated carbocycles. The molecule has 0 aliphatic heterocycles. The Kier molecular flexibility index (Phi) is 5.84. The van der Waals surface area contributed by atoms with E-state index in [1.165, 1.54) is 0 Å². The zero-order valence-corrected chi connectivity index (χ0v) is 15.9. The molecule has 3 rings (SSSR count). The third kappa shape index (κ3) is 4.66. The Bertz CT molecular complexity index is 844. The molecule has 0 spiro atoms. The lowest BCUT2D eigenvalue weighted by Crippen LogP contribution is -2.15. The second-order valence-electron chi connectivity index (χ2n) is 6.26. The van der Waals surface area contributed by atoms with Gasteiger partial charge in [-0.2, -0.15) is 0 Å². The molecule has 0 unspecified atom stereocenters. The maximum atomic E-state index is 6.18. The predicted octanol–water partition coefficient (Wildman–Crippen LogP) is 4.72. The summed E-state index contributed by atoms with van der Waals surface area (Å²) in [6, 6.07) is 13.5. The predicted molar refractivity (Wildman–Crippen MR) is 104 cm³/mol. The Morgan fingerprint density at radius 3 is 2.48 bits per heavy atom. The minimum Gasteiger partial charge on any atom is -0.476 e. The maximum absolute atomic E-state index is 6.18. The molecular weight excluding hydrogens is 357 g/mol. The minimum absolute atomic E-state index is 0.633. The quantitative estimate of drug-likeness (QED) is 0.558. The lowest BCUT2D eigenvalue weighted by molar-refractivity contribution is 0.273. The molecule has 6 heteroatoms. The molecule has 3 aromatic rings. The number of fused-ring (bicyclic) bond motifs is 1. The van der Waals surface area contributed by atoms with Gasteiger partial charge >= 0.3 is 0 Å². The summed E-state index contributed by atoms with van der Waals surface area (Å²) in [5.41, 5.74) is 2.08. The number of aromatic nitrogens is 2. The van der Waals surface area contributed by atoms with Crippen LogP contribution in [0.25, 0.3) is 10.9 Å². The average Bonchev–Trinajstić information content (AvgIpc) is 2.90. The molecular formula is C19H21Cl2N3O. The molecule has 2 aromatic carbocycles. The van der Waals surface area contributed by atoms with Crippen LogP contribution in [-0.2, 0) is 6.54 Å². The molecule has 0 atom stereocenters. The van der Waals surface area contributed by atoms with Crippen molar-refractivity contribution in [2.45, 2.75) is 13.0 Å².